The van der Waals surface area contributed by atoms with E-state index in [9.17, 15) is 9.59 Å². The minimum atomic E-state index is -0.323. The first-order valence-electron chi connectivity index (χ1n) is 7.10. The standard InChI is InChI=1S/C17H16N2O3S/c1-3-9-18-14-8-10-23-15(14)16(20)19(17(18)21)11-12-4-6-13(22-2)7-5-12/h3-8,10H,1,9,11H2,2H3. The van der Waals surface area contributed by atoms with E-state index in [0.717, 1.165) is 11.3 Å². The monoisotopic (exact) mass is 328 g/mol. The summed E-state index contributed by atoms with van der Waals surface area (Å²) in [5.41, 5.74) is 0.953. The summed E-state index contributed by atoms with van der Waals surface area (Å²) in [4.78, 5) is 25.3. The highest BCUT2D eigenvalue weighted by molar-refractivity contribution is 7.17. The molecule has 0 fully saturated rings. The molecule has 0 spiro atoms. The fourth-order valence-electron chi connectivity index (χ4n) is 2.49. The van der Waals surface area contributed by atoms with E-state index < -0.39 is 0 Å². The van der Waals surface area contributed by atoms with Crippen LogP contribution in [0, 0.1) is 0 Å². The van der Waals surface area contributed by atoms with Crippen molar-refractivity contribution in [1.82, 2.24) is 9.13 Å². The topological polar surface area (TPSA) is 53.2 Å². The number of allylic oxidation sites excluding steroid dienone is 1. The molecular formula is C17H16N2O3S. The second kappa shape index (κ2) is 6.26. The molecule has 1 aromatic carbocycles. The van der Waals surface area contributed by atoms with E-state index in [-0.39, 0.29) is 17.8 Å². The molecule has 0 aliphatic heterocycles. The number of methoxy groups -OCH3 is 1. The molecule has 0 radical (unpaired) electrons. The Morgan fingerprint density at radius 2 is 1.91 bits per heavy atom. The highest BCUT2D eigenvalue weighted by atomic mass is 32.1. The van der Waals surface area contributed by atoms with Crippen LogP contribution in [-0.4, -0.2) is 16.2 Å². The molecule has 0 unspecified atom stereocenters. The molecule has 0 bridgehead atoms. The van der Waals surface area contributed by atoms with Gasteiger partial charge in [-0.25, -0.2) is 4.79 Å². The van der Waals surface area contributed by atoms with Crippen LogP contribution in [0.2, 0.25) is 0 Å². The molecule has 0 amide bonds. The summed E-state index contributed by atoms with van der Waals surface area (Å²) in [6.07, 6.45) is 1.65. The summed E-state index contributed by atoms with van der Waals surface area (Å²) in [5.74, 6) is 0.735. The van der Waals surface area contributed by atoms with Crippen LogP contribution in [0.15, 0.2) is 58.0 Å². The van der Waals surface area contributed by atoms with Gasteiger partial charge in [-0.1, -0.05) is 18.2 Å². The van der Waals surface area contributed by atoms with Crippen molar-refractivity contribution >= 4 is 21.6 Å². The summed E-state index contributed by atoms with van der Waals surface area (Å²) in [7, 11) is 1.60. The normalized spacial score (nSPS) is 10.8. The Morgan fingerprint density at radius 1 is 1.17 bits per heavy atom. The van der Waals surface area contributed by atoms with E-state index in [2.05, 4.69) is 6.58 Å². The van der Waals surface area contributed by atoms with Gasteiger partial charge in [-0.15, -0.1) is 17.9 Å². The van der Waals surface area contributed by atoms with Crippen molar-refractivity contribution in [2.45, 2.75) is 13.1 Å². The Morgan fingerprint density at radius 3 is 2.57 bits per heavy atom. The third-order valence-electron chi connectivity index (χ3n) is 3.65. The van der Waals surface area contributed by atoms with Gasteiger partial charge in [-0.3, -0.25) is 13.9 Å². The fourth-order valence-corrected chi connectivity index (χ4v) is 3.33. The summed E-state index contributed by atoms with van der Waals surface area (Å²) in [6.45, 7) is 4.28. The van der Waals surface area contributed by atoms with Crippen LogP contribution in [0.4, 0.5) is 0 Å². The molecule has 0 N–H and O–H groups in total. The zero-order chi connectivity index (χ0) is 16.4. The van der Waals surface area contributed by atoms with Crippen LogP contribution < -0.4 is 16.0 Å². The molecular weight excluding hydrogens is 312 g/mol. The smallest absolute Gasteiger partial charge is 0.332 e. The number of nitrogens with zero attached hydrogens (tertiary/aromatic N) is 2. The van der Waals surface area contributed by atoms with Crippen molar-refractivity contribution in [3.8, 4) is 5.75 Å². The SMILES string of the molecule is C=CCn1c(=O)n(Cc2ccc(OC)cc2)c(=O)c2sccc21. The molecule has 118 valence electrons. The number of fused-ring (bicyclic) bond motifs is 1. The predicted octanol–water partition coefficient (Wildman–Crippen LogP) is 2.47. The van der Waals surface area contributed by atoms with E-state index in [0.29, 0.717) is 16.8 Å². The van der Waals surface area contributed by atoms with E-state index >= 15 is 0 Å². The van der Waals surface area contributed by atoms with Crippen molar-refractivity contribution in [1.29, 1.82) is 0 Å². The van der Waals surface area contributed by atoms with Gasteiger partial charge in [-0.2, -0.15) is 0 Å². The second-order valence-electron chi connectivity index (χ2n) is 5.06. The Bertz CT molecular complexity index is 964. The molecule has 0 aliphatic rings. The number of ether oxygens (including phenoxy) is 1. The third-order valence-corrected chi connectivity index (χ3v) is 4.54. The van der Waals surface area contributed by atoms with Gasteiger partial charge in [0.2, 0.25) is 0 Å². The van der Waals surface area contributed by atoms with Crippen molar-refractivity contribution < 1.29 is 4.74 Å². The Labute approximate surface area is 136 Å². The first-order chi connectivity index (χ1) is 11.2. The lowest BCUT2D eigenvalue weighted by Gasteiger charge is -2.11. The van der Waals surface area contributed by atoms with Crippen LogP contribution in [0.3, 0.4) is 0 Å². The summed E-state index contributed by atoms with van der Waals surface area (Å²) in [6, 6.07) is 9.12. The minimum absolute atomic E-state index is 0.229. The van der Waals surface area contributed by atoms with E-state index in [4.69, 9.17) is 4.74 Å². The van der Waals surface area contributed by atoms with Gasteiger partial charge in [0.15, 0.2) is 0 Å². The highest BCUT2D eigenvalue weighted by Gasteiger charge is 2.13. The van der Waals surface area contributed by atoms with Gasteiger partial charge >= 0.3 is 5.69 Å². The lowest BCUT2D eigenvalue weighted by Crippen LogP contribution is -2.39. The van der Waals surface area contributed by atoms with E-state index in [1.165, 1.54) is 15.9 Å². The van der Waals surface area contributed by atoms with Gasteiger partial charge < -0.3 is 4.74 Å². The molecule has 23 heavy (non-hydrogen) atoms. The number of hydrogen-bond donors (Lipinski definition) is 0. The number of benzene rings is 1. The summed E-state index contributed by atoms with van der Waals surface area (Å²) in [5, 5.41) is 1.82. The average molecular weight is 328 g/mol. The zero-order valence-corrected chi connectivity index (χ0v) is 13.5. The highest BCUT2D eigenvalue weighted by Crippen LogP contribution is 2.16. The molecule has 0 aliphatic carbocycles. The van der Waals surface area contributed by atoms with Gasteiger partial charge in [0.05, 0.1) is 19.2 Å². The number of hydrogen-bond acceptors (Lipinski definition) is 4. The second-order valence-corrected chi connectivity index (χ2v) is 5.97. The van der Waals surface area contributed by atoms with Crippen LogP contribution in [0.1, 0.15) is 5.56 Å². The Balaban J connectivity index is 2.14. The Hall–Kier alpha value is -2.60. The number of aromatic nitrogens is 2. The van der Waals surface area contributed by atoms with Crippen molar-refractivity contribution in [2.24, 2.45) is 0 Å². The number of rotatable bonds is 5. The van der Waals surface area contributed by atoms with Crippen LogP contribution in [-0.2, 0) is 13.1 Å². The molecule has 3 aromatic rings. The first-order valence-corrected chi connectivity index (χ1v) is 7.98. The van der Waals surface area contributed by atoms with E-state index in [1.54, 1.807) is 23.8 Å². The van der Waals surface area contributed by atoms with Crippen LogP contribution in [0.5, 0.6) is 5.75 Å². The predicted molar refractivity (Wildman–Crippen MR) is 92.6 cm³/mol. The van der Waals surface area contributed by atoms with Crippen LogP contribution >= 0.6 is 11.3 Å². The lowest BCUT2D eigenvalue weighted by atomic mass is 10.2. The molecule has 0 saturated heterocycles. The zero-order valence-electron chi connectivity index (χ0n) is 12.7. The maximum atomic E-state index is 12.7. The molecule has 2 aromatic heterocycles. The fraction of sp³-hybridized carbons (Fsp3) is 0.176. The molecule has 0 atom stereocenters. The minimum Gasteiger partial charge on any atom is -0.497 e. The summed E-state index contributed by atoms with van der Waals surface area (Å²) < 4.78 is 8.55. The third kappa shape index (κ3) is 2.73. The summed E-state index contributed by atoms with van der Waals surface area (Å²) >= 11 is 1.35. The first kappa shape index (κ1) is 15.3. The van der Waals surface area contributed by atoms with Crippen LogP contribution in [0.25, 0.3) is 10.2 Å². The van der Waals surface area contributed by atoms with Gasteiger partial charge in [0.25, 0.3) is 5.56 Å². The van der Waals surface area contributed by atoms with E-state index in [1.807, 2.05) is 29.6 Å². The molecule has 0 saturated carbocycles. The molecule has 6 heteroatoms. The van der Waals surface area contributed by atoms with Gasteiger partial charge in [-0.05, 0) is 29.1 Å². The number of thiophene rings is 1. The lowest BCUT2D eigenvalue weighted by molar-refractivity contribution is 0.414. The van der Waals surface area contributed by atoms with Crippen molar-refractivity contribution in [3.05, 3.63) is 74.8 Å². The molecule has 2 heterocycles. The molecule has 3 rings (SSSR count). The van der Waals surface area contributed by atoms with Crippen molar-refractivity contribution in [2.75, 3.05) is 7.11 Å². The maximum absolute atomic E-state index is 12.7. The van der Waals surface area contributed by atoms with Gasteiger partial charge in [0, 0.05) is 6.54 Å². The average Bonchev–Trinajstić information content (AvgIpc) is 3.06. The molecule has 5 nitrogen and oxygen atoms in total. The van der Waals surface area contributed by atoms with Gasteiger partial charge in [0.1, 0.15) is 10.4 Å². The quantitative estimate of drug-likeness (QED) is 0.676. The Kier molecular flexibility index (Phi) is 4.16. The maximum Gasteiger partial charge on any atom is 0.332 e. The van der Waals surface area contributed by atoms with Crippen molar-refractivity contribution in [3.63, 3.8) is 0 Å². The largest absolute Gasteiger partial charge is 0.497 e.